The molecule has 35 heavy (non-hydrogen) atoms. The van der Waals surface area contributed by atoms with Gasteiger partial charge in [0.1, 0.15) is 23.0 Å². The van der Waals surface area contributed by atoms with Gasteiger partial charge in [-0.25, -0.2) is 0 Å². The number of benzene rings is 3. The number of hydrogen-bond acceptors (Lipinski definition) is 2. The Labute approximate surface area is 210 Å². The lowest BCUT2D eigenvalue weighted by Crippen LogP contribution is -2.38. The van der Waals surface area contributed by atoms with E-state index in [4.69, 9.17) is 9.47 Å². The Kier molecular flexibility index (Phi) is 6.81. The van der Waals surface area contributed by atoms with Crippen LogP contribution >= 0.6 is 0 Å². The lowest BCUT2D eigenvalue weighted by Gasteiger charge is -2.45. The fourth-order valence-electron chi connectivity index (χ4n) is 5.60. The summed E-state index contributed by atoms with van der Waals surface area (Å²) in [6.45, 7) is 6.59. The van der Waals surface area contributed by atoms with E-state index in [1.165, 1.54) is 42.4 Å². The van der Waals surface area contributed by atoms with Gasteiger partial charge in [0, 0.05) is 5.41 Å². The van der Waals surface area contributed by atoms with E-state index in [1.807, 2.05) is 12.1 Å². The maximum Gasteiger partial charge on any atom is 0.127 e. The quantitative estimate of drug-likeness (QED) is 0.362. The van der Waals surface area contributed by atoms with Crippen LogP contribution in [-0.4, -0.2) is 0 Å². The minimum absolute atomic E-state index is 0.127. The van der Waals surface area contributed by atoms with Crippen molar-refractivity contribution in [2.45, 2.75) is 58.3 Å². The zero-order valence-electron chi connectivity index (χ0n) is 21.2. The van der Waals surface area contributed by atoms with Crippen molar-refractivity contribution < 1.29 is 9.47 Å². The molecule has 2 nitrogen and oxygen atoms in total. The normalized spacial score (nSPS) is 24.0. The summed E-state index contributed by atoms with van der Waals surface area (Å²) in [7, 11) is 0. The van der Waals surface area contributed by atoms with Gasteiger partial charge in [-0.05, 0) is 112 Å². The molecule has 1 saturated carbocycles. The maximum atomic E-state index is 6.28. The monoisotopic (exact) mass is 464 g/mol. The first-order valence-corrected chi connectivity index (χ1v) is 13.0. The number of allylic oxidation sites excluding steroid dienone is 3. The molecule has 0 bridgehead atoms. The summed E-state index contributed by atoms with van der Waals surface area (Å²) in [5.74, 6) is 4.84. The molecule has 0 aromatic heterocycles. The number of ether oxygens (including phenoxy) is 2. The van der Waals surface area contributed by atoms with Crippen LogP contribution in [0.3, 0.4) is 0 Å². The SMILES string of the molecule is Cc1ccc(OC2=CC(C3(c4ccc(Oc5ccc(C)cc5)cc4)CCC(C)CC3)CC=C2)cc1. The van der Waals surface area contributed by atoms with Gasteiger partial charge in [-0.2, -0.15) is 0 Å². The molecule has 2 aliphatic carbocycles. The molecule has 0 N–H and O–H groups in total. The lowest BCUT2D eigenvalue weighted by atomic mass is 9.59. The van der Waals surface area contributed by atoms with E-state index in [9.17, 15) is 0 Å². The molecule has 0 radical (unpaired) electrons. The summed E-state index contributed by atoms with van der Waals surface area (Å²) in [6.07, 6.45) is 12.8. The van der Waals surface area contributed by atoms with E-state index in [2.05, 4.69) is 99.7 Å². The molecular weight excluding hydrogens is 428 g/mol. The summed E-state index contributed by atoms with van der Waals surface area (Å²) in [5, 5.41) is 0. The molecular formula is C33H36O2. The summed E-state index contributed by atoms with van der Waals surface area (Å²) in [5.41, 5.74) is 4.03. The number of aryl methyl sites for hydroxylation is 2. The zero-order chi connectivity index (χ0) is 24.3. The Hall–Kier alpha value is -3.26. The predicted octanol–water partition coefficient (Wildman–Crippen LogP) is 9.08. The molecule has 5 rings (SSSR count). The third-order valence-corrected chi connectivity index (χ3v) is 7.86. The second-order valence-corrected chi connectivity index (χ2v) is 10.5. The van der Waals surface area contributed by atoms with Gasteiger partial charge in [0.25, 0.3) is 0 Å². The van der Waals surface area contributed by atoms with E-state index < -0.39 is 0 Å². The summed E-state index contributed by atoms with van der Waals surface area (Å²) in [4.78, 5) is 0. The average molecular weight is 465 g/mol. The van der Waals surface area contributed by atoms with E-state index in [-0.39, 0.29) is 5.41 Å². The van der Waals surface area contributed by atoms with Gasteiger partial charge in [0.05, 0.1) is 0 Å². The Bertz CT molecular complexity index is 1180. The second-order valence-electron chi connectivity index (χ2n) is 10.5. The largest absolute Gasteiger partial charge is 0.458 e. The molecule has 3 aromatic carbocycles. The summed E-state index contributed by atoms with van der Waals surface area (Å²) in [6, 6.07) is 25.4. The van der Waals surface area contributed by atoms with E-state index >= 15 is 0 Å². The average Bonchev–Trinajstić information content (AvgIpc) is 2.88. The maximum absolute atomic E-state index is 6.28. The summed E-state index contributed by atoms with van der Waals surface area (Å²) < 4.78 is 12.4. The fourth-order valence-corrected chi connectivity index (χ4v) is 5.60. The van der Waals surface area contributed by atoms with Gasteiger partial charge in [-0.15, -0.1) is 0 Å². The van der Waals surface area contributed by atoms with Crippen molar-refractivity contribution >= 4 is 0 Å². The highest BCUT2D eigenvalue weighted by Crippen LogP contribution is 2.50. The Balaban J connectivity index is 1.40. The van der Waals surface area contributed by atoms with Crippen molar-refractivity contribution in [3.8, 4) is 17.2 Å². The van der Waals surface area contributed by atoms with Crippen molar-refractivity contribution in [1.29, 1.82) is 0 Å². The van der Waals surface area contributed by atoms with Crippen LogP contribution < -0.4 is 9.47 Å². The first kappa shape index (κ1) is 23.5. The van der Waals surface area contributed by atoms with Gasteiger partial charge in [-0.3, -0.25) is 0 Å². The molecule has 0 saturated heterocycles. The Morgan fingerprint density at radius 2 is 1.20 bits per heavy atom. The first-order chi connectivity index (χ1) is 17.0. The minimum Gasteiger partial charge on any atom is -0.458 e. The number of rotatable bonds is 6. The van der Waals surface area contributed by atoms with E-state index in [1.54, 1.807) is 0 Å². The topological polar surface area (TPSA) is 18.5 Å². The van der Waals surface area contributed by atoms with Crippen LogP contribution in [0.25, 0.3) is 0 Å². The molecule has 0 heterocycles. The smallest absolute Gasteiger partial charge is 0.127 e. The van der Waals surface area contributed by atoms with Crippen molar-refractivity contribution in [3.63, 3.8) is 0 Å². The molecule has 2 aliphatic rings. The molecule has 2 heteroatoms. The lowest BCUT2D eigenvalue weighted by molar-refractivity contribution is 0.185. The Morgan fingerprint density at radius 3 is 1.77 bits per heavy atom. The van der Waals surface area contributed by atoms with Crippen molar-refractivity contribution in [2.75, 3.05) is 0 Å². The van der Waals surface area contributed by atoms with Crippen molar-refractivity contribution in [3.05, 3.63) is 113 Å². The zero-order valence-corrected chi connectivity index (χ0v) is 21.2. The van der Waals surface area contributed by atoms with Gasteiger partial charge in [0.2, 0.25) is 0 Å². The summed E-state index contributed by atoms with van der Waals surface area (Å²) >= 11 is 0. The highest BCUT2D eigenvalue weighted by atomic mass is 16.5. The van der Waals surface area contributed by atoms with Crippen LogP contribution in [0.5, 0.6) is 17.2 Å². The molecule has 1 unspecified atom stereocenters. The van der Waals surface area contributed by atoms with Crippen LogP contribution in [0.15, 0.2) is 96.8 Å². The van der Waals surface area contributed by atoms with Crippen LogP contribution in [0.2, 0.25) is 0 Å². The molecule has 180 valence electrons. The Morgan fingerprint density at radius 1 is 0.686 bits per heavy atom. The van der Waals surface area contributed by atoms with Gasteiger partial charge in [-0.1, -0.05) is 60.5 Å². The van der Waals surface area contributed by atoms with Crippen molar-refractivity contribution in [2.24, 2.45) is 11.8 Å². The predicted molar refractivity (Wildman–Crippen MR) is 144 cm³/mol. The van der Waals surface area contributed by atoms with Gasteiger partial charge >= 0.3 is 0 Å². The van der Waals surface area contributed by atoms with Crippen LogP contribution in [0, 0.1) is 25.7 Å². The van der Waals surface area contributed by atoms with Gasteiger partial charge < -0.3 is 9.47 Å². The van der Waals surface area contributed by atoms with Crippen LogP contribution in [-0.2, 0) is 5.41 Å². The minimum atomic E-state index is 0.127. The van der Waals surface area contributed by atoms with Crippen LogP contribution in [0.4, 0.5) is 0 Å². The van der Waals surface area contributed by atoms with E-state index in [0.29, 0.717) is 5.92 Å². The molecule has 0 aliphatic heterocycles. The fraction of sp³-hybridized carbons (Fsp3) is 0.333. The van der Waals surface area contributed by atoms with E-state index in [0.717, 1.165) is 35.3 Å². The molecule has 0 spiro atoms. The third-order valence-electron chi connectivity index (χ3n) is 7.86. The standard InChI is InChI=1S/C33H36O2/c1-24-7-13-29(14-8-24)34-31-17-11-27(12-18-31)33(21-19-26(3)20-22-33)28-5-4-6-32(23-28)35-30-15-9-25(2)10-16-30/h4,6-18,23,26,28H,5,19-22H2,1-3H3. The molecule has 1 fully saturated rings. The highest BCUT2D eigenvalue weighted by molar-refractivity contribution is 5.39. The second kappa shape index (κ2) is 10.2. The third kappa shape index (κ3) is 5.37. The molecule has 1 atom stereocenters. The molecule has 0 amide bonds. The highest BCUT2D eigenvalue weighted by Gasteiger charge is 2.42. The first-order valence-electron chi connectivity index (χ1n) is 13.0. The number of hydrogen-bond donors (Lipinski definition) is 0. The van der Waals surface area contributed by atoms with Crippen LogP contribution in [0.1, 0.15) is 55.7 Å². The molecule has 3 aromatic rings. The van der Waals surface area contributed by atoms with Gasteiger partial charge in [0.15, 0.2) is 0 Å². The van der Waals surface area contributed by atoms with Crippen molar-refractivity contribution in [1.82, 2.24) is 0 Å².